The highest BCUT2D eigenvalue weighted by molar-refractivity contribution is 6.43. The van der Waals surface area contributed by atoms with E-state index in [4.69, 9.17) is 40.5 Å². The van der Waals surface area contributed by atoms with Gasteiger partial charge in [0.05, 0.1) is 22.2 Å². The van der Waals surface area contributed by atoms with Gasteiger partial charge in [-0.25, -0.2) is 0 Å². The van der Waals surface area contributed by atoms with E-state index in [0.29, 0.717) is 20.6 Å². The molecule has 0 aliphatic heterocycles. The van der Waals surface area contributed by atoms with Crippen LogP contribution in [0.15, 0.2) is 12.1 Å². The molecule has 1 aromatic carbocycles. The zero-order valence-electron chi connectivity index (χ0n) is 10.4. The SMILES string of the molecule is CC(C)(C)[C@H](O)[C@H](N)c1cc(Cl)cc(Cl)c1Cl.Cl. The Morgan fingerprint density at radius 1 is 1.17 bits per heavy atom. The van der Waals surface area contributed by atoms with E-state index >= 15 is 0 Å². The van der Waals surface area contributed by atoms with Crippen molar-refractivity contribution in [3.8, 4) is 0 Å². The molecule has 0 aromatic heterocycles. The fourth-order valence-corrected chi connectivity index (χ4v) is 2.27. The zero-order valence-corrected chi connectivity index (χ0v) is 13.5. The summed E-state index contributed by atoms with van der Waals surface area (Å²) in [6.45, 7) is 5.70. The highest BCUT2D eigenvalue weighted by Gasteiger charge is 2.30. The minimum Gasteiger partial charge on any atom is -0.391 e. The lowest BCUT2D eigenvalue weighted by molar-refractivity contribution is 0.0401. The molecule has 0 aliphatic carbocycles. The van der Waals surface area contributed by atoms with Crippen molar-refractivity contribution >= 4 is 47.2 Å². The van der Waals surface area contributed by atoms with Gasteiger partial charge < -0.3 is 10.8 Å². The molecular weight excluding hydrogens is 316 g/mol. The highest BCUT2D eigenvalue weighted by atomic mass is 35.5. The number of hydrogen-bond acceptors (Lipinski definition) is 2. The molecule has 0 spiro atoms. The highest BCUT2D eigenvalue weighted by Crippen LogP contribution is 2.36. The summed E-state index contributed by atoms with van der Waals surface area (Å²) in [5, 5.41) is 11.3. The van der Waals surface area contributed by atoms with E-state index < -0.39 is 12.1 Å². The predicted octanol–water partition coefficient (Wildman–Crippen LogP) is 4.48. The van der Waals surface area contributed by atoms with Crippen LogP contribution >= 0.6 is 47.2 Å². The van der Waals surface area contributed by atoms with Gasteiger partial charge in [-0.2, -0.15) is 0 Å². The molecule has 0 fully saturated rings. The van der Waals surface area contributed by atoms with Crippen LogP contribution in [0.1, 0.15) is 32.4 Å². The van der Waals surface area contributed by atoms with Crippen LogP contribution in [0.2, 0.25) is 15.1 Å². The van der Waals surface area contributed by atoms with Gasteiger partial charge in [0, 0.05) is 5.02 Å². The molecule has 2 nitrogen and oxygen atoms in total. The van der Waals surface area contributed by atoms with Crippen LogP contribution < -0.4 is 5.73 Å². The number of benzene rings is 1. The third kappa shape index (κ3) is 4.16. The van der Waals surface area contributed by atoms with Gasteiger partial charge in [0.1, 0.15) is 0 Å². The Balaban J connectivity index is 0.00000289. The van der Waals surface area contributed by atoms with E-state index in [1.165, 1.54) is 0 Å². The first-order valence-electron chi connectivity index (χ1n) is 5.22. The first kappa shape index (κ1) is 18.3. The van der Waals surface area contributed by atoms with Crippen LogP contribution in [0.3, 0.4) is 0 Å². The molecular formula is C12H17Cl4NO. The van der Waals surface area contributed by atoms with Crippen LogP contribution in [0.5, 0.6) is 0 Å². The Hall–Kier alpha value is 0.300. The van der Waals surface area contributed by atoms with Crippen LogP contribution in [0, 0.1) is 5.41 Å². The van der Waals surface area contributed by atoms with E-state index in [2.05, 4.69) is 0 Å². The van der Waals surface area contributed by atoms with Crippen molar-refractivity contribution in [3.63, 3.8) is 0 Å². The lowest BCUT2D eigenvalue weighted by Gasteiger charge is -2.31. The average molecular weight is 333 g/mol. The number of halogens is 4. The van der Waals surface area contributed by atoms with E-state index in [9.17, 15) is 5.11 Å². The normalized spacial score (nSPS) is 14.9. The van der Waals surface area contributed by atoms with Crippen molar-refractivity contribution in [2.75, 3.05) is 0 Å². The summed E-state index contributed by atoms with van der Waals surface area (Å²) in [7, 11) is 0. The van der Waals surface area contributed by atoms with Crippen LogP contribution in [0.4, 0.5) is 0 Å². The van der Waals surface area contributed by atoms with Crippen molar-refractivity contribution < 1.29 is 5.11 Å². The first-order valence-corrected chi connectivity index (χ1v) is 6.36. The second-order valence-electron chi connectivity index (χ2n) is 5.13. The van der Waals surface area contributed by atoms with Gasteiger partial charge in [0.25, 0.3) is 0 Å². The number of hydrogen-bond donors (Lipinski definition) is 2. The molecule has 104 valence electrons. The first-order chi connectivity index (χ1) is 7.64. The van der Waals surface area contributed by atoms with E-state index in [1.54, 1.807) is 12.1 Å². The van der Waals surface area contributed by atoms with Gasteiger partial charge in [-0.1, -0.05) is 55.6 Å². The van der Waals surface area contributed by atoms with E-state index in [1.807, 2.05) is 20.8 Å². The molecule has 0 radical (unpaired) electrons. The summed E-state index contributed by atoms with van der Waals surface area (Å²) in [5.41, 5.74) is 6.22. The van der Waals surface area contributed by atoms with E-state index in [-0.39, 0.29) is 17.8 Å². The average Bonchev–Trinajstić information content (AvgIpc) is 2.20. The maximum Gasteiger partial charge on any atom is 0.0781 e. The van der Waals surface area contributed by atoms with Gasteiger partial charge in [0.2, 0.25) is 0 Å². The molecule has 3 N–H and O–H groups in total. The minimum absolute atomic E-state index is 0. The van der Waals surface area contributed by atoms with E-state index in [0.717, 1.165) is 0 Å². The van der Waals surface area contributed by atoms with Gasteiger partial charge in [-0.05, 0) is 23.1 Å². The van der Waals surface area contributed by atoms with Crippen molar-refractivity contribution in [3.05, 3.63) is 32.8 Å². The largest absolute Gasteiger partial charge is 0.391 e. The summed E-state index contributed by atoms with van der Waals surface area (Å²) in [6.07, 6.45) is -0.741. The Kier molecular flexibility index (Phi) is 6.76. The molecule has 6 heteroatoms. The molecule has 18 heavy (non-hydrogen) atoms. The molecule has 0 saturated heterocycles. The van der Waals surface area contributed by atoms with Crippen molar-refractivity contribution in [1.82, 2.24) is 0 Å². The second-order valence-corrected chi connectivity index (χ2v) is 6.35. The van der Waals surface area contributed by atoms with Crippen LogP contribution in [0.25, 0.3) is 0 Å². The third-order valence-corrected chi connectivity index (χ3v) is 3.64. The Morgan fingerprint density at radius 3 is 2.11 bits per heavy atom. The quantitative estimate of drug-likeness (QED) is 0.784. The number of rotatable bonds is 2. The number of nitrogens with two attached hydrogens (primary N) is 1. The fraction of sp³-hybridized carbons (Fsp3) is 0.500. The molecule has 0 amide bonds. The summed E-state index contributed by atoms with van der Waals surface area (Å²) in [5.74, 6) is 0. The maximum atomic E-state index is 10.1. The molecule has 1 aromatic rings. The monoisotopic (exact) mass is 331 g/mol. The smallest absolute Gasteiger partial charge is 0.0781 e. The van der Waals surface area contributed by atoms with Crippen molar-refractivity contribution in [2.45, 2.75) is 32.9 Å². The lowest BCUT2D eigenvalue weighted by Crippen LogP contribution is -2.37. The molecule has 0 heterocycles. The zero-order chi connectivity index (χ0) is 13.4. The minimum atomic E-state index is -0.741. The van der Waals surface area contributed by atoms with Crippen LogP contribution in [-0.4, -0.2) is 11.2 Å². The maximum absolute atomic E-state index is 10.1. The molecule has 2 atom stereocenters. The molecule has 0 aliphatic rings. The summed E-state index contributed by atoms with van der Waals surface area (Å²) in [6, 6.07) is 2.55. The molecule has 0 bridgehead atoms. The Morgan fingerprint density at radius 2 is 1.67 bits per heavy atom. The van der Waals surface area contributed by atoms with Gasteiger partial charge in [-0.3, -0.25) is 0 Å². The Labute approximate surface area is 129 Å². The summed E-state index contributed by atoms with van der Waals surface area (Å²) < 4.78 is 0. The van der Waals surface area contributed by atoms with Gasteiger partial charge >= 0.3 is 0 Å². The van der Waals surface area contributed by atoms with Crippen molar-refractivity contribution in [1.29, 1.82) is 0 Å². The summed E-state index contributed by atoms with van der Waals surface area (Å²) >= 11 is 17.9. The van der Waals surface area contributed by atoms with Crippen molar-refractivity contribution in [2.24, 2.45) is 11.1 Å². The van der Waals surface area contributed by atoms with Gasteiger partial charge in [0.15, 0.2) is 0 Å². The lowest BCUT2D eigenvalue weighted by atomic mass is 9.82. The third-order valence-electron chi connectivity index (χ3n) is 2.61. The Bertz CT molecular complexity index is 417. The fourth-order valence-electron chi connectivity index (χ4n) is 1.53. The number of aliphatic hydroxyl groups is 1. The molecule has 1 rings (SSSR count). The number of aliphatic hydroxyl groups excluding tert-OH is 1. The summed E-state index contributed by atoms with van der Waals surface area (Å²) in [4.78, 5) is 0. The second kappa shape index (κ2) is 6.65. The molecule has 0 unspecified atom stereocenters. The topological polar surface area (TPSA) is 46.2 Å². The standard InChI is InChI=1S/C12H16Cl3NO.ClH/c1-12(2,3)11(17)10(16)7-4-6(13)5-8(14)9(7)15;/h4-5,10-11,17H,16H2,1-3H3;1H/t10-,11-;/m1./s1. The molecule has 0 saturated carbocycles. The van der Waals surface area contributed by atoms with Gasteiger partial charge in [-0.15, -0.1) is 12.4 Å². The predicted molar refractivity (Wildman–Crippen MR) is 81.1 cm³/mol. The van der Waals surface area contributed by atoms with Crippen LogP contribution in [-0.2, 0) is 0 Å².